The monoisotopic (exact) mass is 342 g/mol. The van der Waals surface area contributed by atoms with Gasteiger partial charge in [0.15, 0.2) is 0 Å². The van der Waals surface area contributed by atoms with E-state index in [-0.39, 0.29) is 29.9 Å². The van der Waals surface area contributed by atoms with Crippen LogP contribution in [0.4, 0.5) is 5.69 Å². The van der Waals surface area contributed by atoms with E-state index in [9.17, 15) is 9.59 Å². The first-order valence-electron chi connectivity index (χ1n) is 9.46. The summed E-state index contributed by atoms with van der Waals surface area (Å²) in [7, 11) is 1.79. The number of rotatable bonds is 3. The fourth-order valence-electron chi connectivity index (χ4n) is 4.17. The first-order valence-corrected chi connectivity index (χ1v) is 9.46. The van der Waals surface area contributed by atoms with Crippen LogP contribution in [0.2, 0.25) is 0 Å². The van der Waals surface area contributed by atoms with Gasteiger partial charge in [-0.3, -0.25) is 9.59 Å². The highest BCUT2D eigenvalue weighted by Crippen LogP contribution is 2.34. The van der Waals surface area contributed by atoms with Crippen molar-refractivity contribution in [2.24, 2.45) is 5.92 Å². The van der Waals surface area contributed by atoms with Gasteiger partial charge in [-0.05, 0) is 37.8 Å². The fourth-order valence-corrected chi connectivity index (χ4v) is 4.17. The van der Waals surface area contributed by atoms with Gasteiger partial charge in [0.05, 0.1) is 30.0 Å². The Morgan fingerprint density at radius 2 is 1.88 bits per heavy atom. The Bertz CT molecular complexity index is 669. The number of fused-ring (bicyclic) bond motifs is 1. The van der Waals surface area contributed by atoms with Gasteiger partial charge in [0.2, 0.25) is 5.91 Å². The van der Waals surface area contributed by atoms with Crippen LogP contribution in [-0.2, 0) is 9.53 Å². The molecule has 0 radical (unpaired) electrons. The summed E-state index contributed by atoms with van der Waals surface area (Å²) in [6.07, 6.45) is 6.48. The molecule has 2 amide bonds. The molecule has 2 saturated carbocycles. The largest absolute Gasteiger partial charge is 0.374 e. The fraction of sp³-hybridized carbons (Fsp3) is 0.600. The Labute approximate surface area is 148 Å². The lowest BCUT2D eigenvalue weighted by Crippen LogP contribution is -2.55. The van der Waals surface area contributed by atoms with E-state index in [2.05, 4.69) is 0 Å². The molecule has 3 aliphatic rings. The maximum Gasteiger partial charge on any atom is 0.256 e. The number of benzene rings is 1. The summed E-state index contributed by atoms with van der Waals surface area (Å²) in [6.45, 7) is 1.24. The molecule has 5 heteroatoms. The van der Waals surface area contributed by atoms with E-state index in [1.807, 2.05) is 29.2 Å². The minimum absolute atomic E-state index is 0.0336. The number of hydrogen-bond donors (Lipinski definition) is 0. The van der Waals surface area contributed by atoms with Crippen LogP contribution < -0.4 is 4.90 Å². The van der Waals surface area contributed by atoms with Gasteiger partial charge in [0.25, 0.3) is 5.91 Å². The summed E-state index contributed by atoms with van der Waals surface area (Å²) in [5, 5.41) is 0. The Morgan fingerprint density at radius 3 is 2.68 bits per heavy atom. The van der Waals surface area contributed by atoms with Crippen LogP contribution in [0.1, 0.15) is 48.9 Å². The molecule has 1 aliphatic heterocycles. The lowest BCUT2D eigenvalue weighted by atomic mass is 9.89. The molecular formula is C20H26N2O3. The van der Waals surface area contributed by atoms with E-state index in [1.165, 1.54) is 6.42 Å². The Balaban J connectivity index is 1.60. The third-order valence-electron chi connectivity index (χ3n) is 5.75. The molecule has 2 atom stereocenters. The van der Waals surface area contributed by atoms with Gasteiger partial charge in [0.1, 0.15) is 0 Å². The van der Waals surface area contributed by atoms with Crippen molar-refractivity contribution in [3.8, 4) is 0 Å². The molecule has 4 rings (SSSR count). The summed E-state index contributed by atoms with van der Waals surface area (Å²) in [5.74, 6) is 0.295. The van der Waals surface area contributed by atoms with Crippen LogP contribution >= 0.6 is 0 Å². The number of hydrogen-bond acceptors (Lipinski definition) is 3. The van der Waals surface area contributed by atoms with E-state index >= 15 is 0 Å². The second-order valence-corrected chi connectivity index (χ2v) is 7.45. The maximum absolute atomic E-state index is 13.3. The molecule has 1 heterocycles. The van der Waals surface area contributed by atoms with Crippen molar-refractivity contribution >= 4 is 17.5 Å². The van der Waals surface area contributed by atoms with E-state index < -0.39 is 0 Å². The van der Waals surface area contributed by atoms with E-state index in [1.54, 1.807) is 11.9 Å². The Morgan fingerprint density at radius 1 is 1.12 bits per heavy atom. The lowest BCUT2D eigenvalue weighted by Gasteiger charge is -2.44. The van der Waals surface area contributed by atoms with Gasteiger partial charge in [0, 0.05) is 19.5 Å². The molecule has 0 aromatic heterocycles. The van der Waals surface area contributed by atoms with Crippen molar-refractivity contribution in [3.05, 3.63) is 29.8 Å². The standard InChI is InChI=1S/C20H26N2O3/c1-21(19(23)14-10-11-14)16-7-3-2-6-15(16)20(24)22-12-13-25-18-9-5-4-8-17(18)22/h2-3,6-7,14,17-18H,4-5,8-13H2,1H3/t17-,18-/m0/s1. The number of ether oxygens (including phenoxy) is 1. The zero-order chi connectivity index (χ0) is 17.4. The molecule has 1 saturated heterocycles. The number of morpholine rings is 1. The molecule has 0 N–H and O–H groups in total. The number of carbonyl (C=O) groups is 2. The van der Waals surface area contributed by atoms with E-state index in [0.29, 0.717) is 18.7 Å². The van der Waals surface area contributed by atoms with Gasteiger partial charge in [-0.2, -0.15) is 0 Å². The molecule has 5 nitrogen and oxygen atoms in total. The first-order chi connectivity index (χ1) is 12.2. The number of nitrogens with zero attached hydrogens (tertiary/aromatic N) is 2. The molecule has 0 bridgehead atoms. The molecule has 25 heavy (non-hydrogen) atoms. The number of anilines is 1. The second kappa shape index (κ2) is 6.79. The number of para-hydroxylation sites is 1. The SMILES string of the molecule is CN(C(=O)C1CC1)c1ccccc1C(=O)N1CCO[C@H]2CCCC[C@@H]21. The topological polar surface area (TPSA) is 49.9 Å². The van der Waals surface area contributed by atoms with E-state index in [4.69, 9.17) is 4.74 Å². The Hall–Kier alpha value is -1.88. The van der Waals surface area contributed by atoms with Crippen molar-refractivity contribution in [1.29, 1.82) is 0 Å². The third kappa shape index (κ3) is 3.17. The number of amides is 2. The molecule has 134 valence electrons. The van der Waals surface area contributed by atoms with Crippen molar-refractivity contribution in [1.82, 2.24) is 4.90 Å². The zero-order valence-corrected chi connectivity index (χ0v) is 14.8. The third-order valence-corrected chi connectivity index (χ3v) is 5.75. The summed E-state index contributed by atoms with van der Waals surface area (Å²) < 4.78 is 5.90. The van der Waals surface area contributed by atoms with Crippen LogP contribution in [0, 0.1) is 5.92 Å². The van der Waals surface area contributed by atoms with E-state index in [0.717, 1.165) is 37.8 Å². The first kappa shape index (κ1) is 16.6. The van der Waals surface area contributed by atoms with Gasteiger partial charge >= 0.3 is 0 Å². The quantitative estimate of drug-likeness (QED) is 0.849. The van der Waals surface area contributed by atoms with Gasteiger partial charge in [-0.15, -0.1) is 0 Å². The van der Waals surface area contributed by atoms with Crippen molar-refractivity contribution in [2.45, 2.75) is 50.7 Å². The van der Waals surface area contributed by atoms with Crippen LogP contribution in [0.3, 0.4) is 0 Å². The van der Waals surface area contributed by atoms with Crippen LogP contribution in [0.25, 0.3) is 0 Å². The number of carbonyl (C=O) groups excluding carboxylic acids is 2. The Kier molecular flexibility index (Phi) is 4.50. The molecule has 1 aromatic carbocycles. The summed E-state index contributed by atoms with van der Waals surface area (Å²) in [5.41, 5.74) is 1.36. The highest BCUT2D eigenvalue weighted by molar-refractivity contribution is 6.05. The summed E-state index contributed by atoms with van der Waals surface area (Å²) in [6, 6.07) is 7.68. The van der Waals surface area contributed by atoms with Crippen LogP contribution in [0.15, 0.2) is 24.3 Å². The van der Waals surface area contributed by atoms with Gasteiger partial charge in [-0.25, -0.2) is 0 Å². The maximum atomic E-state index is 13.3. The van der Waals surface area contributed by atoms with Crippen molar-refractivity contribution in [3.63, 3.8) is 0 Å². The highest BCUT2D eigenvalue weighted by Gasteiger charge is 2.38. The minimum atomic E-state index is 0.0336. The molecule has 3 fully saturated rings. The highest BCUT2D eigenvalue weighted by atomic mass is 16.5. The predicted octanol–water partition coefficient (Wildman–Crippen LogP) is 2.84. The smallest absolute Gasteiger partial charge is 0.256 e. The minimum Gasteiger partial charge on any atom is -0.374 e. The average molecular weight is 342 g/mol. The van der Waals surface area contributed by atoms with Crippen LogP contribution in [0.5, 0.6) is 0 Å². The lowest BCUT2D eigenvalue weighted by molar-refractivity contribution is -0.119. The summed E-state index contributed by atoms with van der Waals surface area (Å²) in [4.78, 5) is 29.4. The average Bonchev–Trinajstić information content (AvgIpc) is 3.51. The van der Waals surface area contributed by atoms with Crippen molar-refractivity contribution < 1.29 is 14.3 Å². The van der Waals surface area contributed by atoms with Gasteiger partial charge < -0.3 is 14.5 Å². The zero-order valence-electron chi connectivity index (χ0n) is 14.8. The van der Waals surface area contributed by atoms with Crippen molar-refractivity contribution in [2.75, 3.05) is 25.1 Å². The molecule has 2 aliphatic carbocycles. The summed E-state index contributed by atoms with van der Waals surface area (Å²) >= 11 is 0. The predicted molar refractivity (Wildman–Crippen MR) is 95.6 cm³/mol. The second-order valence-electron chi connectivity index (χ2n) is 7.45. The molecule has 0 spiro atoms. The molecule has 0 unspecified atom stereocenters. The molecular weight excluding hydrogens is 316 g/mol. The normalized spacial score (nSPS) is 26.0. The van der Waals surface area contributed by atoms with Gasteiger partial charge in [-0.1, -0.05) is 25.0 Å². The van der Waals surface area contributed by atoms with Crippen LogP contribution in [-0.4, -0.2) is 49.1 Å². The molecule has 1 aromatic rings.